The maximum atomic E-state index is 13.1. The van der Waals surface area contributed by atoms with Crippen molar-refractivity contribution in [3.63, 3.8) is 0 Å². The number of carbonyl (C=O) groups excluding carboxylic acids is 1. The van der Waals surface area contributed by atoms with Gasteiger partial charge >= 0.3 is 0 Å². The van der Waals surface area contributed by atoms with Crippen LogP contribution in [0.15, 0.2) is 46.7 Å². The molecule has 1 unspecified atom stereocenters. The van der Waals surface area contributed by atoms with E-state index in [4.69, 9.17) is 0 Å². The Hall–Kier alpha value is -1.74. The van der Waals surface area contributed by atoms with Gasteiger partial charge < -0.3 is 10.2 Å². The van der Waals surface area contributed by atoms with Gasteiger partial charge in [0.05, 0.1) is 10.9 Å². The van der Waals surface area contributed by atoms with Gasteiger partial charge in [0, 0.05) is 36.6 Å². The van der Waals surface area contributed by atoms with Crippen molar-refractivity contribution in [3.05, 3.63) is 52.2 Å². The molecular formula is C22H31N3O3S2. The summed E-state index contributed by atoms with van der Waals surface area (Å²) in [7, 11) is -1.63. The van der Waals surface area contributed by atoms with Crippen LogP contribution >= 0.6 is 11.3 Å². The Morgan fingerprint density at radius 2 is 1.80 bits per heavy atom. The minimum atomic E-state index is -3.61. The molecule has 0 spiro atoms. The third-order valence-corrected chi connectivity index (χ3v) is 8.70. The Morgan fingerprint density at radius 1 is 1.10 bits per heavy atom. The summed E-state index contributed by atoms with van der Waals surface area (Å²) in [5, 5.41) is 5.17. The zero-order valence-electron chi connectivity index (χ0n) is 17.9. The molecule has 0 bridgehead atoms. The first-order valence-corrected chi connectivity index (χ1v) is 12.8. The number of benzene rings is 1. The van der Waals surface area contributed by atoms with E-state index in [1.807, 2.05) is 24.6 Å². The molecule has 1 fully saturated rings. The van der Waals surface area contributed by atoms with Crippen LogP contribution in [0.3, 0.4) is 0 Å². The number of hydrogen-bond donors (Lipinski definition) is 1. The van der Waals surface area contributed by atoms with Crippen LogP contribution in [-0.4, -0.2) is 56.8 Å². The highest BCUT2D eigenvalue weighted by atomic mass is 32.2. The summed E-state index contributed by atoms with van der Waals surface area (Å²) in [4.78, 5) is 16.5. The van der Waals surface area contributed by atoms with Gasteiger partial charge in [-0.3, -0.25) is 4.79 Å². The average molecular weight is 450 g/mol. The van der Waals surface area contributed by atoms with Crippen molar-refractivity contribution in [3.8, 4) is 0 Å². The predicted molar refractivity (Wildman–Crippen MR) is 121 cm³/mol. The number of thiophene rings is 1. The summed E-state index contributed by atoms with van der Waals surface area (Å²) in [6.07, 6.45) is 1.91. The van der Waals surface area contributed by atoms with Crippen molar-refractivity contribution in [1.29, 1.82) is 0 Å². The number of hydrogen-bond acceptors (Lipinski definition) is 5. The summed E-state index contributed by atoms with van der Waals surface area (Å²) >= 11 is 1.63. The van der Waals surface area contributed by atoms with Crippen LogP contribution in [-0.2, 0) is 10.0 Å². The topological polar surface area (TPSA) is 69.7 Å². The molecule has 1 aliphatic heterocycles. The number of likely N-dealkylation sites (N-methyl/N-ethyl adjacent to an activating group) is 1. The van der Waals surface area contributed by atoms with Crippen LogP contribution in [0.5, 0.6) is 0 Å². The normalized spacial score (nSPS) is 17.2. The molecule has 1 atom stereocenters. The van der Waals surface area contributed by atoms with Gasteiger partial charge in [0.1, 0.15) is 0 Å². The van der Waals surface area contributed by atoms with Crippen molar-refractivity contribution in [1.82, 2.24) is 14.5 Å². The Balaban J connectivity index is 1.81. The Morgan fingerprint density at radius 3 is 2.40 bits per heavy atom. The second-order valence-electron chi connectivity index (χ2n) is 7.78. The number of amides is 1. The second-order valence-corrected chi connectivity index (χ2v) is 10.7. The van der Waals surface area contributed by atoms with E-state index in [-0.39, 0.29) is 16.8 Å². The molecule has 1 N–H and O–H groups in total. The Labute approximate surface area is 183 Å². The van der Waals surface area contributed by atoms with E-state index in [1.54, 1.807) is 29.5 Å². The monoisotopic (exact) mass is 449 g/mol. The van der Waals surface area contributed by atoms with Gasteiger partial charge in [-0.1, -0.05) is 38.8 Å². The number of nitrogens with one attached hydrogen (secondary N) is 1. The fourth-order valence-electron chi connectivity index (χ4n) is 3.85. The molecule has 6 nitrogen and oxygen atoms in total. The maximum absolute atomic E-state index is 13.1. The van der Waals surface area contributed by atoms with Crippen molar-refractivity contribution in [2.24, 2.45) is 5.92 Å². The van der Waals surface area contributed by atoms with Gasteiger partial charge in [0.15, 0.2) is 0 Å². The Kier molecular flexibility index (Phi) is 7.68. The maximum Gasteiger partial charge on any atom is 0.251 e. The summed E-state index contributed by atoms with van der Waals surface area (Å²) in [6.45, 7) is 6.60. The fraction of sp³-hybridized carbons (Fsp3) is 0.500. The molecule has 3 rings (SSSR count). The highest BCUT2D eigenvalue weighted by molar-refractivity contribution is 7.89. The second kappa shape index (κ2) is 10.0. The minimum Gasteiger partial charge on any atom is -0.344 e. The van der Waals surface area contributed by atoms with Crippen molar-refractivity contribution >= 4 is 27.3 Å². The number of rotatable bonds is 8. The van der Waals surface area contributed by atoms with E-state index in [2.05, 4.69) is 24.1 Å². The lowest BCUT2D eigenvalue weighted by atomic mass is 9.92. The zero-order chi connectivity index (χ0) is 21.7. The zero-order valence-corrected chi connectivity index (χ0v) is 19.5. The molecule has 1 amide bonds. The van der Waals surface area contributed by atoms with Gasteiger partial charge in [-0.15, -0.1) is 11.3 Å². The summed E-state index contributed by atoms with van der Waals surface area (Å²) in [6, 6.07) is 10.4. The van der Waals surface area contributed by atoms with Crippen LogP contribution < -0.4 is 5.32 Å². The van der Waals surface area contributed by atoms with Gasteiger partial charge in [0.25, 0.3) is 5.91 Å². The number of sulfonamides is 1. The summed E-state index contributed by atoms with van der Waals surface area (Å²) < 4.78 is 27.6. The minimum absolute atomic E-state index is 0.0783. The SMILES string of the molecule is CCC(CC)C(NC(=O)c1cccc(S(=O)(=O)N2CCN(C)CC2)c1)c1cccs1. The largest absolute Gasteiger partial charge is 0.344 e. The van der Waals surface area contributed by atoms with Gasteiger partial charge in [0.2, 0.25) is 10.0 Å². The smallest absolute Gasteiger partial charge is 0.251 e. The number of nitrogens with zero attached hydrogens (tertiary/aromatic N) is 2. The van der Waals surface area contributed by atoms with Crippen LogP contribution in [0.25, 0.3) is 0 Å². The Bertz CT molecular complexity index is 932. The fourth-order valence-corrected chi connectivity index (χ4v) is 6.19. The number of piperazine rings is 1. The lowest BCUT2D eigenvalue weighted by molar-refractivity contribution is 0.0920. The summed E-state index contributed by atoms with van der Waals surface area (Å²) in [5.41, 5.74) is 0.373. The molecule has 1 aliphatic rings. The molecule has 0 radical (unpaired) electrons. The summed E-state index contributed by atoms with van der Waals surface area (Å²) in [5.74, 6) is 0.0839. The van der Waals surface area contributed by atoms with Crippen LogP contribution in [0, 0.1) is 5.92 Å². The van der Waals surface area contributed by atoms with Crippen molar-refractivity contribution in [2.45, 2.75) is 37.6 Å². The quantitative estimate of drug-likeness (QED) is 0.669. The van der Waals surface area contributed by atoms with Crippen molar-refractivity contribution in [2.75, 3.05) is 33.2 Å². The average Bonchev–Trinajstić information content (AvgIpc) is 3.29. The number of carbonyl (C=O) groups is 1. The molecule has 1 saturated heterocycles. The molecule has 1 aromatic heterocycles. The molecule has 1 aromatic carbocycles. The molecule has 30 heavy (non-hydrogen) atoms. The molecular weight excluding hydrogens is 418 g/mol. The highest BCUT2D eigenvalue weighted by Gasteiger charge is 2.29. The van der Waals surface area contributed by atoms with Gasteiger partial charge in [-0.25, -0.2) is 8.42 Å². The third-order valence-electron chi connectivity index (χ3n) is 5.85. The van der Waals surface area contributed by atoms with Gasteiger partial charge in [-0.2, -0.15) is 4.31 Å². The molecule has 0 saturated carbocycles. The predicted octanol–water partition coefficient (Wildman–Crippen LogP) is 3.59. The van der Waals surface area contributed by atoms with Crippen molar-refractivity contribution < 1.29 is 13.2 Å². The van der Waals surface area contributed by atoms with E-state index in [9.17, 15) is 13.2 Å². The van der Waals surface area contributed by atoms with E-state index < -0.39 is 10.0 Å². The van der Waals surface area contributed by atoms with Crippen LogP contribution in [0.2, 0.25) is 0 Å². The first-order chi connectivity index (χ1) is 14.4. The van der Waals surface area contributed by atoms with Crippen LogP contribution in [0.4, 0.5) is 0 Å². The molecule has 8 heteroatoms. The molecule has 2 heterocycles. The van der Waals surface area contributed by atoms with E-state index >= 15 is 0 Å². The first kappa shape index (κ1) is 22.9. The van der Waals surface area contributed by atoms with Crippen LogP contribution in [0.1, 0.15) is 48.0 Å². The lowest BCUT2D eigenvalue weighted by Gasteiger charge is -2.31. The molecule has 164 valence electrons. The third kappa shape index (κ3) is 5.11. The highest BCUT2D eigenvalue weighted by Crippen LogP contribution is 2.31. The van der Waals surface area contributed by atoms with E-state index in [1.165, 1.54) is 10.4 Å². The van der Waals surface area contributed by atoms with E-state index in [0.29, 0.717) is 37.7 Å². The molecule has 0 aliphatic carbocycles. The standard InChI is InChI=1S/C22H31N3O3S2/c1-4-17(5-2)21(20-10-7-15-29-20)23-22(26)18-8-6-9-19(16-18)30(27,28)25-13-11-24(3)12-14-25/h6-10,15-17,21H,4-5,11-14H2,1-3H3,(H,23,26). The first-order valence-electron chi connectivity index (χ1n) is 10.5. The van der Waals surface area contributed by atoms with Gasteiger partial charge in [-0.05, 0) is 42.6 Å². The van der Waals surface area contributed by atoms with E-state index in [0.717, 1.165) is 17.7 Å². The lowest BCUT2D eigenvalue weighted by Crippen LogP contribution is -2.47. The molecule has 2 aromatic rings.